The molecule has 108 valence electrons. The van der Waals surface area contributed by atoms with E-state index in [2.05, 4.69) is 11.2 Å². The predicted molar refractivity (Wildman–Crippen MR) is 74.4 cm³/mol. The summed E-state index contributed by atoms with van der Waals surface area (Å²) in [4.78, 5) is 10.9. The first-order valence-electron chi connectivity index (χ1n) is 7.81. The zero-order chi connectivity index (χ0) is 13.9. The standard InChI is InChI=1S/C16H22N2O2/c1-10-2-14(17-18(10)9-15(19)20)16-6-11-3-12(7-16)5-13(4-11)8-16/h2,11-13H,3-9H2,1H3,(H,19,20). The molecular formula is C16H22N2O2. The van der Waals surface area contributed by atoms with Gasteiger partial charge in [-0.05, 0) is 69.3 Å². The fourth-order valence-corrected chi connectivity index (χ4v) is 5.48. The third-order valence-corrected chi connectivity index (χ3v) is 5.85. The van der Waals surface area contributed by atoms with Crippen molar-refractivity contribution in [1.82, 2.24) is 9.78 Å². The Hall–Kier alpha value is -1.32. The molecule has 1 aromatic rings. The molecule has 4 heteroatoms. The quantitative estimate of drug-likeness (QED) is 0.922. The SMILES string of the molecule is Cc1cc(C23CC4CC(CC(C4)C2)C3)nn1CC(=O)O. The van der Waals surface area contributed by atoms with E-state index in [0.29, 0.717) is 0 Å². The van der Waals surface area contributed by atoms with Crippen LogP contribution in [0.5, 0.6) is 0 Å². The number of carbonyl (C=O) groups is 1. The summed E-state index contributed by atoms with van der Waals surface area (Å²) >= 11 is 0. The maximum Gasteiger partial charge on any atom is 0.325 e. The maximum atomic E-state index is 10.9. The lowest BCUT2D eigenvalue weighted by atomic mass is 9.49. The molecule has 0 spiro atoms. The Morgan fingerprint density at radius 3 is 2.35 bits per heavy atom. The van der Waals surface area contributed by atoms with Gasteiger partial charge < -0.3 is 5.11 Å². The van der Waals surface area contributed by atoms with Gasteiger partial charge in [0.05, 0.1) is 5.69 Å². The largest absolute Gasteiger partial charge is 0.480 e. The topological polar surface area (TPSA) is 55.1 Å². The second-order valence-electron chi connectivity index (χ2n) is 7.42. The zero-order valence-electron chi connectivity index (χ0n) is 12.0. The van der Waals surface area contributed by atoms with Gasteiger partial charge in [-0.1, -0.05) is 0 Å². The molecule has 1 N–H and O–H groups in total. The number of nitrogens with zero attached hydrogens (tertiary/aromatic N) is 2. The molecule has 1 heterocycles. The summed E-state index contributed by atoms with van der Waals surface area (Å²) < 4.78 is 1.66. The van der Waals surface area contributed by atoms with E-state index in [1.807, 2.05) is 6.92 Å². The highest BCUT2D eigenvalue weighted by Gasteiger charge is 2.52. The molecule has 20 heavy (non-hydrogen) atoms. The van der Waals surface area contributed by atoms with Gasteiger partial charge in [0.25, 0.3) is 0 Å². The number of carboxylic acids is 1. The summed E-state index contributed by atoms with van der Waals surface area (Å²) in [7, 11) is 0. The number of hydrogen-bond acceptors (Lipinski definition) is 2. The molecular weight excluding hydrogens is 252 g/mol. The molecule has 4 fully saturated rings. The van der Waals surface area contributed by atoms with Crippen LogP contribution in [0, 0.1) is 24.7 Å². The molecule has 0 saturated heterocycles. The number of carboxylic acid groups (broad SMARTS) is 1. The Morgan fingerprint density at radius 2 is 1.85 bits per heavy atom. The van der Waals surface area contributed by atoms with Gasteiger partial charge in [-0.25, -0.2) is 0 Å². The van der Waals surface area contributed by atoms with Crippen LogP contribution >= 0.6 is 0 Å². The highest BCUT2D eigenvalue weighted by atomic mass is 16.4. The number of aryl methyl sites for hydroxylation is 1. The van der Waals surface area contributed by atoms with Crippen LogP contribution in [-0.4, -0.2) is 20.9 Å². The summed E-state index contributed by atoms with van der Waals surface area (Å²) in [5.41, 5.74) is 2.43. The fourth-order valence-electron chi connectivity index (χ4n) is 5.48. The van der Waals surface area contributed by atoms with Crippen LogP contribution in [0.3, 0.4) is 0 Å². The summed E-state index contributed by atoms with van der Waals surface area (Å²) in [6.45, 7) is 1.96. The van der Waals surface area contributed by atoms with Gasteiger partial charge in [0.15, 0.2) is 0 Å². The summed E-state index contributed by atoms with van der Waals surface area (Å²) in [5, 5.41) is 13.6. The van der Waals surface area contributed by atoms with Crippen molar-refractivity contribution in [2.45, 2.75) is 57.4 Å². The van der Waals surface area contributed by atoms with Crippen LogP contribution in [0.4, 0.5) is 0 Å². The van der Waals surface area contributed by atoms with Crippen LogP contribution in [0.15, 0.2) is 6.07 Å². The van der Waals surface area contributed by atoms with Crippen molar-refractivity contribution in [2.24, 2.45) is 17.8 Å². The lowest BCUT2D eigenvalue weighted by Gasteiger charge is -2.56. The number of aliphatic carboxylic acids is 1. The Kier molecular flexibility index (Phi) is 2.54. The molecule has 4 bridgehead atoms. The number of hydrogen-bond donors (Lipinski definition) is 1. The third-order valence-electron chi connectivity index (χ3n) is 5.85. The van der Waals surface area contributed by atoms with Crippen LogP contribution in [0.25, 0.3) is 0 Å². The summed E-state index contributed by atoms with van der Waals surface area (Å²) in [6.07, 6.45) is 8.11. The smallest absolute Gasteiger partial charge is 0.325 e. The van der Waals surface area contributed by atoms with E-state index in [9.17, 15) is 4.79 Å². The van der Waals surface area contributed by atoms with E-state index in [-0.39, 0.29) is 12.0 Å². The minimum absolute atomic E-state index is 0.0157. The number of aromatic nitrogens is 2. The maximum absolute atomic E-state index is 10.9. The van der Waals surface area contributed by atoms with Crippen LogP contribution in [0.1, 0.15) is 49.9 Å². The average molecular weight is 274 g/mol. The molecule has 0 unspecified atom stereocenters. The van der Waals surface area contributed by atoms with Gasteiger partial charge in [0.1, 0.15) is 6.54 Å². The Labute approximate surface area is 119 Å². The molecule has 0 aliphatic heterocycles. The van der Waals surface area contributed by atoms with Crippen molar-refractivity contribution in [3.63, 3.8) is 0 Å². The fraction of sp³-hybridized carbons (Fsp3) is 0.750. The monoisotopic (exact) mass is 274 g/mol. The molecule has 4 nitrogen and oxygen atoms in total. The van der Waals surface area contributed by atoms with E-state index in [1.54, 1.807) is 4.68 Å². The first-order chi connectivity index (χ1) is 9.54. The molecule has 0 radical (unpaired) electrons. The second-order valence-corrected chi connectivity index (χ2v) is 7.42. The van der Waals surface area contributed by atoms with E-state index < -0.39 is 5.97 Å². The van der Waals surface area contributed by atoms with Gasteiger partial charge in [0.2, 0.25) is 0 Å². The Bertz CT molecular complexity index is 526. The van der Waals surface area contributed by atoms with Gasteiger partial charge in [-0.3, -0.25) is 9.48 Å². The normalized spacial score (nSPS) is 38.4. The molecule has 1 aromatic heterocycles. The van der Waals surface area contributed by atoms with Crippen LogP contribution in [0.2, 0.25) is 0 Å². The van der Waals surface area contributed by atoms with Gasteiger partial charge in [-0.15, -0.1) is 0 Å². The molecule has 4 aliphatic carbocycles. The summed E-state index contributed by atoms with van der Waals surface area (Å²) in [5.74, 6) is 1.87. The predicted octanol–water partition coefficient (Wildman–Crippen LogP) is 2.74. The molecule has 4 aliphatic rings. The Balaban J connectivity index is 1.68. The van der Waals surface area contributed by atoms with Gasteiger partial charge >= 0.3 is 5.97 Å². The van der Waals surface area contributed by atoms with E-state index in [0.717, 1.165) is 23.4 Å². The van der Waals surface area contributed by atoms with Gasteiger partial charge in [-0.2, -0.15) is 5.10 Å². The lowest BCUT2D eigenvalue weighted by Crippen LogP contribution is -2.48. The van der Waals surface area contributed by atoms with E-state index in [1.165, 1.54) is 44.2 Å². The molecule has 0 atom stereocenters. The number of rotatable bonds is 3. The van der Waals surface area contributed by atoms with Crippen molar-refractivity contribution >= 4 is 5.97 Å². The Morgan fingerprint density at radius 1 is 1.30 bits per heavy atom. The zero-order valence-corrected chi connectivity index (χ0v) is 12.0. The van der Waals surface area contributed by atoms with Crippen LogP contribution in [-0.2, 0) is 16.8 Å². The van der Waals surface area contributed by atoms with E-state index in [4.69, 9.17) is 5.11 Å². The van der Waals surface area contributed by atoms with Crippen LogP contribution < -0.4 is 0 Å². The van der Waals surface area contributed by atoms with Crippen molar-refractivity contribution < 1.29 is 9.90 Å². The van der Waals surface area contributed by atoms with Crippen molar-refractivity contribution in [2.75, 3.05) is 0 Å². The van der Waals surface area contributed by atoms with Gasteiger partial charge in [0, 0.05) is 11.1 Å². The van der Waals surface area contributed by atoms with Crippen molar-refractivity contribution in [3.05, 3.63) is 17.5 Å². The lowest BCUT2D eigenvalue weighted by molar-refractivity contribution is -0.137. The molecule has 0 amide bonds. The summed E-state index contributed by atoms with van der Waals surface area (Å²) in [6, 6.07) is 2.15. The second kappa shape index (κ2) is 4.09. The van der Waals surface area contributed by atoms with Crippen molar-refractivity contribution in [3.8, 4) is 0 Å². The first kappa shape index (κ1) is 12.4. The van der Waals surface area contributed by atoms with E-state index >= 15 is 0 Å². The highest BCUT2D eigenvalue weighted by molar-refractivity contribution is 5.66. The van der Waals surface area contributed by atoms with Crippen molar-refractivity contribution in [1.29, 1.82) is 0 Å². The highest BCUT2D eigenvalue weighted by Crippen LogP contribution is 2.60. The minimum atomic E-state index is -0.812. The molecule has 4 saturated carbocycles. The molecule has 5 rings (SSSR count). The third kappa shape index (κ3) is 1.80. The molecule has 0 aromatic carbocycles. The average Bonchev–Trinajstić information content (AvgIpc) is 2.69. The minimum Gasteiger partial charge on any atom is -0.480 e. The first-order valence-corrected chi connectivity index (χ1v) is 7.81.